The highest BCUT2D eigenvalue weighted by Crippen LogP contribution is 2.31. The van der Waals surface area contributed by atoms with Crippen LogP contribution in [0.1, 0.15) is 36.9 Å². The summed E-state index contributed by atoms with van der Waals surface area (Å²) in [6.45, 7) is -0.230. The van der Waals surface area contributed by atoms with Gasteiger partial charge in [0.25, 0.3) is 0 Å². The summed E-state index contributed by atoms with van der Waals surface area (Å²) >= 11 is 1.49. The maximum absolute atomic E-state index is 12.3. The van der Waals surface area contributed by atoms with Gasteiger partial charge in [-0.2, -0.15) is 0 Å². The molecule has 2 aromatic carbocycles. The van der Waals surface area contributed by atoms with Crippen molar-refractivity contribution >= 4 is 23.1 Å². The van der Waals surface area contributed by atoms with Crippen molar-refractivity contribution in [2.45, 2.75) is 19.3 Å². The summed E-state index contributed by atoms with van der Waals surface area (Å²) < 4.78 is 5.22. The van der Waals surface area contributed by atoms with E-state index in [4.69, 9.17) is 4.74 Å². The van der Waals surface area contributed by atoms with Gasteiger partial charge in [-0.3, -0.25) is 4.79 Å². The summed E-state index contributed by atoms with van der Waals surface area (Å²) in [5.41, 5.74) is 3.95. The van der Waals surface area contributed by atoms with Gasteiger partial charge in [0.2, 0.25) is 0 Å². The Morgan fingerprint density at radius 1 is 0.923 bits per heavy atom. The van der Waals surface area contributed by atoms with Gasteiger partial charge in [0.05, 0.1) is 0 Å². The Kier molecular flexibility index (Phi) is 4.67. The lowest BCUT2D eigenvalue weighted by Gasteiger charge is -2.05. The summed E-state index contributed by atoms with van der Waals surface area (Å²) in [4.78, 5) is 26.3. The minimum absolute atomic E-state index is 0.193. The number of hydrogen-bond acceptors (Lipinski definition) is 4. The molecule has 4 heteroatoms. The van der Waals surface area contributed by atoms with Crippen LogP contribution in [0.15, 0.2) is 60.7 Å². The van der Waals surface area contributed by atoms with E-state index in [0.717, 1.165) is 30.4 Å². The molecule has 1 aliphatic rings. The molecule has 0 amide bonds. The van der Waals surface area contributed by atoms with Crippen LogP contribution in [0.25, 0.3) is 11.1 Å². The lowest BCUT2D eigenvalue weighted by molar-refractivity contribution is 0.0479. The number of hydrogen-bond donors (Lipinski definition) is 0. The van der Waals surface area contributed by atoms with Crippen LogP contribution in [0.4, 0.5) is 0 Å². The lowest BCUT2D eigenvalue weighted by atomic mass is 10.0. The number of esters is 1. The third-order valence-electron chi connectivity index (χ3n) is 4.60. The maximum atomic E-state index is 12.3. The quantitative estimate of drug-likeness (QED) is 0.477. The number of Topliss-reactive ketones (excluding diaryl/α,β-unsaturated/α-hetero) is 1. The Labute approximate surface area is 156 Å². The Morgan fingerprint density at radius 3 is 2.38 bits per heavy atom. The molecule has 0 saturated carbocycles. The van der Waals surface area contributed by atoms with Gasteiger partial charge in [-0.25, -0.2) is 4.79 Å². The fourth-order valence-corrected chi connectivity index (χ4v) is 4.34. The molecule has 0 N–H and O–H groups in total. The van der Waals surface area contributed by atoms with Crippen LogP contribution in [-0.2, 0) is 17.6 Å². The molecular weight excluding hydrogens is 344 g/mol. The molecule has 0 fully saturated rings. The largest absolute Gasteiger partial charge is 0.453 e. The zero-order valence-corrected chi connectivity index (χ0v) is 15.1. The summed E-state index contributed by atoms with van der Waals surface area (Å²) in [5, 5.41) is 0. The molecule has 1 aromatic heterocycles. The molecule has 0 atom stereocenters. The smallest absolute Gasteiger partial charge is 0.348 e. The number of rotatable bonds is 5. The van der Waals surface area contributed by atoms with Crippen LogP contribution in [0.2, 0.25) is 0 Å². The molecular formula is C22H18O3S. The van der Waals surface area contributed by atoms with Crippen molar-refractivity contribution in [3.05, 3.63) is 81.5 Å². The summed E-state index contributed by atoms with van der Waals surface area (Å²) in [7, 11) is 0. The first-order valence-corrected chi connectivity index (χ1v) is 9.50. The number of thiophene rings is 1. The second-order valence-corrected chi connectivity index (χ2v) is 7.49. The minimum atomic E-state index is -0.404. The predicted octanol–water partition coefficient (Wildman–Crippen LogP) is 4.94. The first-order chi connectivity index (χ1) is 12.7. The molecule has 0 bridgehead atoms. The molecule has 1 aliphatic carbocycles. The second-order valence-electron chi connectivity index (χ2n) is 6.36. The first-order valence-electron chi connectivity index (χ1n) is 8.68. The Morgan fingerprint density at radius 2 is 1.65 bits per heavy atom. The van der Waals surface area contributed by atoms with E-state index in [2.05, 4.69) is 0 Å². The van der Waals surface area contributed by atoms with Crippen molar-refractivity contribution in [1.29, 1.82) is 0 Å². The summed E-state index contributed by atoms with van der Waals surface area (Å²) in [5.74, 6) is -0.597. The van der Waals surface area contributed by atoms with E-state index in [1.807, 2.05) is 48.5 Å². The molecule has 0 saturated heterocycles. The lowest BCUT2D eigenvalue weighted by Crippen LogP contribution is -2.13. The van der Waals surface area contributed by atoms with Gasteiger partial charge in [0, 0.05) is 10.4 Å². The minimum Gasteiger partial charge on any atom is -0.453 e. The maximum Gasteiger partial charge on any atom is 0.348 e. The number of carbonyl (C=O) groups excluding carboxylic acids is 2. The summed E-state index contributed by atoms with van der Waals surface area (Å²) in [6, 6.07) is 19.3. The van der Waals surface area contributed by atoms with Crippen molar-refractivity contribution in [2.75, 3.05) is 6.61 Å². The van der Waals surface area contributed by atoms with E-state index in [1.165, 1.54) is 21.8 Å². The normalized spacial score (nSPS) is 12.6. The second kappa shape index (κ2) is 7.26. The highest BCUT2D eigenvalue weighted by molar-refractivity contribution is 7.14. The van der Waals surface area contributed by atoms with Crippen molar-refractivity contribution in [2.24, 2.45) is 0 Å². The molecule has 0 spiro atoms. The van der Waals surface area contributed by atoms with Gasteiger partial charge in [0.1, 0.15) is 4.88 Å². The van der Waals surface area contributed by atoms with Gasteiger partial charge in [-0.05, 0) is 42.0 Å². The number of ether oxygens (including phenoxy) is 1. The third kappa shape index (κ3) is 3.46. The van der Waals surface area contributed by atoms with Crippen LogP contribution in [0, 0.1) is 0 Å². The Hall–Kier alpha value is -2.72. The van der Waals surface area contributed by atoms with E-state index < -0.39 is 5.97 Å². The molecule has 0 aliphatic heterocycles. The number of carbonyl (C=O) groups is 2. The van der Waals surface area contributed by atoms with Crippen molar-refractivity contribution in [3.8, 4) is 11.1 Å². The van der Waals surface area contributed by atoms with Crippen LogP contribution in [-0.4, -0.2) is 18.4 Å². The standard InChI is InChI=1S/C22H18O3S/c23-19(14-25-22(24)21-13-18-7-4-8-20(18)26-21)17-11-9-16(10-12-17)15-5-2-1-3-6-15/h1-3,5-6,9-13H,4,7-8,14H2. The molecule has 3 nitrogen and oxygen atoms in total. The van der Waals surface area contributed by atoms with Gasteiger partial charge in [0.15, 0.2) is 12.4 Å². The van der Waals surface area contributed by atoms with E-state index in [0.29, 0.717) is 10.4 Å². The van der Waals surface area contributed by atoms with Crippen molar-refractivity contribution in [1.82, 2.24) is 0 Å². The predicted molar refractivity (Wildman–Crippen MR) is 103 cm³/mol. The average Bonchev–Trinajstić information content (AvgIpc) is 3.29. The molecule has 26 heavy (non-hydrogen) atoms. The van der Waals surface area contributed by atoms with Crippen LogP contribution in [0.3, 0.4) is 0 Å². The number of benzene rings is 2. The first kappa shape index (κ1) is 16.7. The van der Waals surface area contributed by atoms with Crippen LogP contribution < -0.4 is 0 Å². The number of fused-ring (bicyclic) bond motifs is 1. The van der Waals surface area contributed by atoms with Crippen molar-refractivity contribution in [3.63, 3.8) is 0 Å². The monoisotopic (exact) mass is 362 g/mol. The Bertz CT molecular complexity index is 918. The summed E-state index contributed by atoms with van der Waals surface area (Å²) in [6.07, 6.45) is 3.24. The van der Waals surface area contributed by atoms with Gasteiger partial charge >= 0.3 is 5.97 Å². The van der Waals surface area contributed by atoms with Gasteiger partial charge in [-0.15, -0.1) is 11.3 Å². The number of aryl methyl sites for hydroxylation is 2. The molecule has 4 rings (SSSR count). The highest BCUT2D eigenvalue weighted by Gasteiger charge is 2.20. The van der Waals surface area contributed by atoms with E-state index in [1.54, 1.807) is 12.1 Å². The molecule has 0 unspecified atom stereocenters. The molecule has 0 radical (unpaired) electrons. The van der Waals surface area contributed by atoms with Crippen LogP contribution >= 0.6 is 11.3 Å². The average molecular weight is 362 g/mol. The van der Waals surface area contributed by atoms with Gasteiger partial charge < -0.3 is 4.74 Å². The number of ketones is 1. The van der Waals surface area contributed by atoms with E-state index in [-0.39, 0.29) is 12.4 Å². The molecule has 1 heterocycles. The fraction of sp³-hybridized carbons (Fsp3) is 0.182. The zero-order chi connectivity index (χ0) is 17.9. The van der Waals surface area contributed by atoms with E-state index in [9.17, 15) is 9.59 Å². The molecule has 3 aromatic rings. The van der Waals surface area contributed by atoms with Crippen molar-refractivity contribution < 1.29 is 14.3 Å². The molecule has 130 valence electrons. The fourth-order valence-electron chi connectivity index (χ4n) is 3.19. The van der Waals surface area contributed by atoms with E-state index >= 15 is 0 Å². The van der Waals surface area contributed by atoms with Gasteiger partial charge in [-0.1, -0.05) is 54.6 Å². The highest BCUT2D eigenvalue weighted by atomic mass is 32.1. The SMILES string of the molecule is O=C(COC(=O)c1cc2c(s1)CCC2)c1ccc(-c2ccccc2)cc1. The Balaban J connectivity index is 1.37. The topological polar surface area (TPSA) is 43.4 Å². The third-order valence-corrected chi connectivity index (χ3v) is 5.81. The van der Waals surface area contributed by atoms with Crippen LogP contribution in [0.5, 0.6) is 0 Å². The zero-order valence-electron chi connectivity index (χ0n) is 14.2.